The quantitative estimate of drug-likeness (QED) is 0.633. The van der Waals surface area contributed by atoms with E-state index in [0.717, 1.165) is 0 Å². The summed E-state index contributed by atoms with van der Waals surface area (Å²) in [7, 11) is 0. The first-order chi connectivity index (χ1) is 6.31. The largest absolute Gasteiger partial charge is 0.378 e. The predicted molar refractivity (Wildman–Crippen MR) is 46.7 cm³/mol. The van der Waals surface area contributed by atoms with Gasteiger partial charge in [-0.05, 0) is 0 Å². The summed E-state index contributed by atoms with van der Waals surface area (Å²) in [5.74, 6) is 0.185. The predicted octanol–water partition coefficient (Wildman–Crippen LogP) is -0.245. The third-order valence-electron chi connectivity index (χ3n) is 2.54. The van der Waals surface area contributed by atoms with E-state index in [2.05, 4.69) is 5.32 Å². The van der Waals surface area contributed by atoms with Gasteiger partial charge < -0.3 is 14.8 Å². The Morgan fingerprint density at radius 2 is 2.31 bits per heavy atom. The maximum absolute atomic E-state index is 11.0. The second-order valence-electron chi connectivity index (χ2n) is 3.38. The van der Waals surface area contributed by atoms with E-state index in [1.807, 2.05) is 0 Å². The lowest BCUT2D eigenvalue weighted by Crippen LogP contribution is -2.41. The Bertz CT molecular complexity index is 212. The van der Waals surface area contributed by atoms with Crippen LogP contribution < -0.4 is 5.32 Å². The van der Waals surface area contributed by atoms with Gasteiger partial charge in [0.1, 0.15) is 5.88 Å². The van der Waals surface area contributed by atoms with Gasteiger partial charge in [-0.15, -0.1) is 11.6 Å². The van der Waals surface area contributed by atoms with Crippen molar-refractivity contribution in [3.8, 4) is 0 Å². The molecule has 2 heterocycles. The normalized spacial score (nSPS) is 37.5. The molecule has 4 nitrogen and oxygen atoms in total. The van der Waals surface area contributed by atoms with Crippen molar-refractivity contribution in [1.29, 1.82) is 0 Å². The zero-order valence-corrected chi connectivity index (χ0v) is 7.92. The Hall–Kier alpha value is -0.320. The monoisotopic (exact) mass is 205 g/mol. The lowest BCUT2D eigenvalue weighted by atomic mass is 10.0. The minimum absolute atomic E-state index is 0.00867. The molecule has 0 spiro atoms. The summed E-state index contributed by atoms with van der Waals surface area (Å²) in [5.41, 5.74) is 0. The Balaban J connectivity index is 1.90. The fraction of sp³-hybridized carbons (Fsp3) is 0.875. The van der Waals surface area contributed by atoms with E-state index >= 15 is 0 Å². The molecule has 0 aliphatic carbocycles. The maximum atomic E-state index is 11.0. The highest BCUT2D eigenvalue weighted by Crippen LogP contribution is 2.27. The second kappa shape index (κ2) is 3.82. The lowest BCUT2D eigenvalue weighted by molar-refractivity contribution is -0.119. The molecule has 2 aliphatic rings. The molecule has 0 radical (unpaired) electrons. The molecule has 2 fully saturated rings. The van der Waals surface area contributed by atoms with Gasteiger partial charge in [0.2, 0.25) is 5.91 Å². The fourth-order valence-corrected chi connectivity index (χ4v) is 1.92. The molecule has 2 aliphatic heterocycles. The molecule has 5 heteroatoms. The van der Waals surface area contributed by atoms with Gasteiger partial charge in [-0.2, -0.15) is 0 Å². The summed E-state index contributed by atoms with van der Waals surface area (Å²) < 4.78 is 10.7. The number of rotatable bonds is 2. The van der Waals surface area contributed by atoms with Crippen LogP contribution >= 0.6 is 11.6 Å². The van der Waals surface area contributed by atoms with E-state index in [4.69, 9.17) is 21.1 Å². The first-order valence-electron chi connectivity index (χ1n) is 4.36. The fourth-order valence-electron chi connectivity index (χ4n) is 1.84. The molecule has 74 valence electrons. The number of carbonyl (C=O) groups excluding carboxylic acids is 1. The van der Waals surface area contributed by atoms with Crippen LogP contribution in [0.1, 0.15) is 0 Å². The number of carbonyl (C=O) groups is 1. The molecule has 0 aromatic carbocycles. The average Bonchev–Trinajstić information content (AvgIpc) is 2.69. The molecule has 0 aromatic rings. The van der Waals surface area contributed by atoms with Gasteiger partial charge in [0.15, 0.2) is 0 Å². The van der Waals surface area contributed by atoms with E-state index < -0.39 is 0 Å². The van der Waals surface area contributed by atoms with Crippen molar-refractivity contribution in [2.24, 2.45) is 5.92 Å². The highest BCUT2D eigenvalue weighted by Gasteiger charge is 2.41. The van der Waals surface area contributed by atoms with Crippen LogP contribution in [-0.4, -0.2) is 43.8 Å². The van der Waals surface area contributed by atoms with Crippen LogP contribution in [0.2, 0.25) is 0 Å². The van der Waals surface area contributed by atoms with Crippen LogP contribution in [-0.2, 0) is 14.3 Å². The number of nitrogens with one attached hydrogen (secondary N) is 1. The van der Waals surface area contributed by atoms with Crippen molar-refractivity contribution in [3.05, 3.63) is 0 Å². The lowest BCUT2D eigenvalue weighted by Gasteiger charge is -2.15. The minimum atomic E-state index is -0.136. The van der Waals surface area contributed by atoms with E-state index in [9.17, 15) is 4.79 Å². The molecule has 1 amide bonds. The van der Waals surface area contributed by atoms with Crippen LogP contribution in [0, 0.1) is 5.92 Å². The van der Waals surface area contributed by atoms with Gasteiger partial charge in [0.05, 0.1) is 32.0 Å². The first kappa shape index (κ1) is 9.24. The molecule has 1 N–H and O–H groups in total. The zero-order chi connectivity index (χ0) is 9.26. The average molecular weight is 206 g/mol. The molecular weight excluding hydrogens is 194 g/mol. The molecule has 2 saturated heterocycles. The summed E-state index contributed by atoms with van der Waals surface area (Å²) >= 11 is 5.39. The van der Waals surface area contributed by atoms with Crippen molar-refractivity contribution >= 4 is 17.5 Å². The highest BCUT2D eigenvalue weighted by molar-refractivity contribution is 6.27. The van der Waals surface area contributed by atoms with Crippen LogP contribution in [0.15, 0.2) is 0 Å². The number of ether oxygens (including phenoxy) is 2. The number of amides is 1. The van der Waals surface area contributed by atoms with Crippen LogP contribution in [0.25, 0.3) is 0 Å². The number of fused-ring (bicyclic) bond motifs is 1. The molecule has 2 rings (SSSR count). The summed E-state index contributed by atoms with van der Waals surface area (Å²) in [5, 5.41) is 2.82. The first-order valence-corrected chi connectivity index (χ1v) is 4.89. The zero-order valence-electron chi connectivity index (χ0n) is 7.16. The summed E-state index contributed by atoms with van der Waals surface area (Å²) in [6.07, 6.45) is 0.167. The van der Waals surface area contributed by atoms with Gasteiger partial charge >= 0.3 is 0 Å². The molecule has 3 atom stereocenters. The Labute approximate surface area is 81.5 Å². The number of halogens is 1. The highest BCUT2D eigenvalue weighted by atomic mass is 35.5. The van der Waals surface area contributed by atoms with Crippen LogP contribution in [0.4, 0.5) is 0 Å². The van der Waals surface area contributed by atoms with E-state index in [1.165, 1.54) is 0 Å². The summed E-state index contributed by atoms with van der Waals surface area (Å²) in [6.45, 7) is 1.91. The van der Waals surface area contributed by atoms with E-state index in [0.29, 0.717) is 25.7 Å². The summed E-state index contributed by atoms with van der Waals surface area (Å²) in [4.78, 5) is 11.0. The summed E-state index contributed by atoms with van der Waals surface area (Å²) in [6, 6.07) is 0.0822. The molecular formula is C8H12ClNO3. The third kappa shape index (κ3) is 1.80. The molecule has 0 bridgehead atoms. The van der Waals surface area contributed by atoms with Crippen molar-refractivity contribution in [3.63, 3.8) is 0 Å². The van der Waals surface area contributed by atoms with Crippen molar-refractivity contribution in [2.75, 3.05) is 25.7 Å². The molecule has 0 saturated carbocycles. The van der Waals surface area contributed by atoms with Crippen molar-refractivity contribution in [1.82, 2.24) is 5.32 Å². The Morgan fingerprint density at radius 3 is 3.08 bits per heavy atom. The molecule has 13 heavy (non-hydrogen) atoms. The van der Waals surface area contributed by atoms with Gasteiger partial charge in [0.25, 0.3) is 0 Å². The van der Waals surface area contributed by atoms with Crippen molar-refractivity contribution < 1.29 is 14.3 Å². The molecule has 0 aromatic heterocycles. The van der Waals surface area contributed by atoms with E-state index in [1.54, 1.807) is 0 Å². The van der Waals surface area contributed by atoms with Gasteiger partial charge in [-0.1, -0.05) is 0 Å². The van der Waals surface area contributed by atoms with Gasteiger partial charge in [-0.25, -0.2) is 0 Å². The Kier molecular flexibility index (Phi) is 2.71. The van der Waals surface area contributed by atoms with Crippen LogP contribution in [0.5, 0.6) is 0 Å². The smallest absolute Gasteiger partial charge is 0.235 e. The number of alkyl halides is 1. The topological polar surface area (TPSA) is 47.6 Å². The van der Waals surface area contributed by atoms with Crippen molar-refractivity contribution in [2.45, 2.75) is 12.1 Å². The maximum Gasteiger partial charge on any atom is 0.235 e. The van der Waals surface area contributed by atoms with Gasteiger partial charge in [0, 0.05) is 5.92 Å². The van der Waals surface area contributed by atoms with E-state index in [-0.39, 0.29) is 23.9 Å². The Morgan fingerprint density at radius 1 is 1.46 bits per heavy atom. The number of hydrogen-bond acceptors (Lipinski definition) is 3. The SMILES string of the molecule is O=C(CCl)N[C@@H]1CO[C@H]2COC[C@H]21. The second-order valence-corrected chi connectivity index (χ2v) is 3.65. The standard InChI is InChI=1S/C8H12ClNO3/c9-1-8(11)10-6-3-13-7-4-12-2-5(6)7/h5-7H,1-4H2,(H,10,11)/t5-,6+,7-/m0/s1. The van der Waals surface area contributed by atoms with Crippen LogP contribution in [0.3, 0.4) is 0 Å². The number of hydrogen-bond donors (Lipinski definition) is 1. The third-order valence-corrected chi connectivity index (χ3v) is 2.79. The van der Waals surface area contributed by atoms with Gasteiger partial charge in [-0.3, -0.25) is 4.79 Å². The minimum Gasteiger partial charge on any atom is -0.378 e. The molecule has 0 unspecified atom stereocenters.